The van der Waals surface area contributed by atoms with Gasteiger partial charge in [-0.15, -0.1) is 0 Å². The number of esters is 1. The smallest absolute Gasteiger partial charge is 0.338 e. The van der Waals surface area contributed by atoms with Crippen molar-refractivity contribution in [1.82, 2.24) is 0 Å². The van der Waals surface area contributed by atoms with Crippen molar-refractivity contribution in [3.63, 3.8) is 0 Å². The summed E-state index contributed by atoms with van der Waals surface area (Å²) in [7, 11) is 1.34. The van der Waals surface area contributed by atoms with Crippen molar-refractivity contribution in [2.75, 3.05) is 7.11 Å². The van der Waals surface area contributed by atoms with Gasteiger partial charge in [0.1, 0.15) is 0 Å². The van der Waals surface area contributed by atoms with E-state index in [9.17, 15) is 4.79 Å². The summed E-state index contributed by atoms with van der Waals surface area (Å²) >= 11 is 2.04. The van der Waals surface area contributed by atoms with E-state index in [4.69, 9.17) is 5.26 Å². The van der Waals surface area contributed by atoms with E-state index in [1.165, 1.54) is 7.11 Å². The first kappa shape index (κ1) is 11.0. The summed E-state index contributed by atoms with van der Waals surface area (Å²) in [4.78, 5) is 11.3. The van der Waals surface area contributed by atoms with E-state index in [-0.39, 0.29) is 5.97 Å². The van der Waals surface area contributed by atoms with Crippen LogP contribution in [-0.2, 0) is 4.74 Å². The molecule has 0 fully saturated rings. The third kappa shape index (κ3) is 1.87. The molecule has 0 spiro atoms. The highest BCUT2D eigenvalue weighted by molar-refractivity contribution is 14.1. The normalized spacial score (nSPS) is 9.29. The molecule has 0 saturated heterocycles. The standard InChI is InChI=1S/C10H8INO2/c1-6-7(5-12)3-4-8(9(6)11)10(13)14-2/h3-4H,1-2H3. The van der Waals surface area contributed by atoms with Crippen LogP contribution in [0, 0.1) is 21.8 Å². The Morgan fingerprint density at radius 3 is 2.71 bits per heavy atom. The summed E-state index contributed by atoms with van der Waals surface area (Å²) in [6, 6.07) is 5.30. The van der Waals surface area contributed by atoms with Crippen LogP contribution < -0.4 is 0 Å². The third-order valence-electron chi connectivity index (χ3n) is 1.91. The highest BCUT2D eigenvalue weighted by Gasteiger charge is 2.13. The molecule has 0 amide bonds. The number of benzene rings is 1. The highest BCUT2D eigenvalue weighted by Crippen LogP contribution is 2.20. The molecule has 0 aliphatic carbocycles. The summed E-state index contributed by atoms with van der Waals surface area (Å²) in [5, 5.41) is 8.76. The number of carbonyl (C=O) groups excluding carboxylic acids is 1. The van der Waals surface area contributed by atoms with E-state index < -0.39 is 0 Å². The number of hydrogen-bond acceptors (Lipinski definition) is 3. The molecule has 3 nitrogen and oxygen atoms in total. The summed E-state index contributed by atoms with van der Waals surface area (Å²) in [6.45, 7) is 1.81. The molecule has 0 aliphatic rings. The molecule has 4 heteroatoms. The van der Waals surface area contributed by atoms with Gasteiger partial charge in [-0.05, 0) is 47.2 Å². The van der Waals surface area contributed by atoms with E-state index in [0.717, 1.165) is 9.13 Å². The Bertz CT molecular complexity index is 421. The van der Waals surface area contributed by atoms with E-state index in [0.29, 0.717) is 11.1 Å². The van der Waals surface area contributed by atoms with Gasteiger partial charge in [-0.25, -0.2) is 4.79 Å². The van der Waals surface area contributed by atoms with Gasteiger partial charge < -0.3 is 4.74 Å². The van der Waals surface area contributed by atoms with Gasteiger partial charge >= 0.3 is 5.97 Å². The van der Waals surface area contributed by atoms with Crippen molar-refractivity contribution in [3.05, 3.63) is 32.4 Å². The number of rotatable bonds is 1. The van der Waals surface area contributed by atoms with Crippen molar-refractivity contribution in [3.8, 4) is 6.07 Å². The van der Waals surface area contributed by atoms with Crippen LogP contribution in [0.25, 0.3) is 0 Å². The number of carbonyl (C=O) groups is 1. The van der Waals surface area contributed by atoms with Crippen molar-refractivity contribution in [2.45, 2.75) is 6.92 Å². The zero-order valence-electron chi connectivity index (χ0n) is 7.80. The molecule has 72 valence electrons. The Morgan fingerprint density at radius 1 is 1.57 bits per heavy atom. The molecule has 0 radical (unpaired) electrons. The summed E-state index contributed by atoms with van der Waals surface area (Å²) in [5.74, 6) is -0.373. The fraction of sp³-hybridized carbons (Fsp3) is 0.200. The predicted molar refractivity (Wildman–Crippen MR) is 60.0 cm³/mol. The molecular weight excluding hydrogens is 293 g/mol. The molecule has 0 aliphatic heterocycles. The third-order valence-corrected chi connectivity index (χ3v) is 3.30. The second-order valence-electron chi connectivity index (χ2n) is 2.70. The molecule has 0 bridgehead atoms. The summed E-state index contributed by atoms with van der Waals surface area (Å²) < 4.78 is 5.39. The minimum absolute atomic E-state index is 0.373. The second kappa shape index (κ2) is 4.42. The van der Waals surface area contributed by atoms with Gasteiger partial charge in [-0.3, -0.25) is 0 Å². The van der Waals surface area contributed by atoms with Gasteiger partial charge in [0.05, 0.1) is 24.3 Å². The number of halogens is 1. The van der Waals surface area contributed by atoms with Crippen LogP contribution in [0.15, 0.2) is 12.1 Å². The van der Waals surface area contributed by atoms with Gasteiger partial charge in [0.2, 0.25) is 0 Å². The molecular formula is C10H8INO2. The first-order chi connectivity index (χ1) is 6.61. The Labute approximate surface area is 95.8 Å². The molecule has 14 heavy (non-hydrogen) atoms. The zero-order valence-corrected chi connectivity index (χ0v) is 9.95. The van der Waals surface area contributed by atoms with Crippen molar-refractivity contribution >= 4 is 28.6 Å². The molecule has 1 aromatic rings. The first-order valence-electron chi connectivity index (χ1n) is 3.89. The Hall–Kier alpha value is -1.09. The number of methoxy groups -OCH3 is 1. The molecule has 1 aromatic carbocycles. The SMILES string of the molecule is COC(=O)c1ccc(C#N)c(C)c1I. The van der Waals surface area contributed by atoms with Gasteiger partial charge in [0.25, 0.3) is 0 Å². The lowest BCUT2D eigenvalue weighted by atomic mass is 10.1. The molecule has 0 N–H and O–H groups in total. The lowest BCUT2D eigenvalue weighted by Gasteiger charge is -2.06. The molecule has 0 heterocycles. The lowest BCUT2D eigenvalue weighted by Crippen LogP contribution is -2.05. The molecule has 0 unspecified atom stereocenters. The van der Waals surface area contributed by atoms with Crippen molar-refractivity contribution in [1.29, 1.82) is 5.26 Å². The van der Waals surface area contributed by atoms with Gasteiger partial charge in [-0.1, -0.05) is 0 Å². The first-order valence-corrected chi connectivity index (χ1v) is 4.97. The largest absolute Gasteiger partial charge is 0.465 e. The number of nitriles is 1. The van der Waals surface area contributed by atoms with Crippen LogP contribution in [0.1, 0.15) is 21.5 Å². The Balaban J connectivity index is 3.33. The fourth-order valence-electron chi connectivity index (χ4n) is 1.07. The van der Waals surface area contributed by atoms with E-state index in [1.54, 1.807) is 12.1 Å². The monoisotopic (exact) mass is 301 g/mol. The van der Waals surface area contributed by atoms with Crippen LogP contribution in [0.3, 0.4) is 0 Å². The van der Waals surface area contributed by atoms with Gasteiger partial charge in [-0.2, -0.15) is 5.26 Å². The number of ether oxygens (including phenoxy) is 1. The lowest BCUT2D eigenvalue weighted by molar-refractivity contribution is 0.0599. The molecule has 1 rings (SSSR count). The Morgan fingerprint density at radius 2 is 2.21 bits per heavy atom. The molecule has 0 saturated carbocycles. The van der Waals surface area contributed by atoms with Gasteiger partial charge in [0, 0.05) is 3.57 Å². The maximum atomic E-state index is 11.3. The Kier molecular flexibility index (Phi) is 3.47. The van der Waals surface area contributed by atoms with E-state index >= 15 is 0 Å². The highest BCUT2D eigenvalue weighted by atomic mass is 127. The number of nitrogens with zero attached hydrogens (tertiary/aromatic N) is 1. The van der Waals surface area contributed by atoms with Crippen LogP contribution in [-0.4, -0.2) is 13.1 Å². The average molecular weight is 301 g/mol. The fourth-order valence-corrected chi connectivity index (χ4v) is 1.76. The van der Waals surface area contributed by atoms with Crippen LogP contribution in [0.5, 0.6) is 0 Å². The molecule has 0 atom stereocenters. The minimum atomic E-state index is -0.373. The van der Waals surface area contributed by atoms with Crippen molar-refractivity contribution in [2.24, 2.45) is 0 Å². The maximum Gasteiger partial charge on any atom is 0.338 e. The summed E-state index contributed by atoms with van der Waals surface area (Å²) in [6.07, 6.45) is 0. The van der Waals surface area contributed by atoms with Crippen molar-refractivity contribution < 1.29 is 9.53 Å². The minimum Gasteiger partial charge on any atom is -0.465 e. The van der Waals surface area contributed by atoms with Gasteiger partial charge in [0.15, 0.2) is 0 Å². The average Bonchev–Trinajstić information content (AvgIpc) is 2.21. The predicted octanol–water partition coefficient (Wildman–Crippen LogP) is 2.26. The maximum absolute atomic E-state index is 11.3. The number of hydrogen-bond donors (Lipinski definition) is 0. The van der Waals surface area contributed by atoms with Crippen LogP contribution in [0.2, 0.25) is 0 Å². The summed E-state index contributed by atoms with van der Waals surface area (Å²) in [5.41, 5.74) is 1.91. The quantitative estimate of drug-likeness (QED) is 0.590. The zero-order chi connectivity index (χ0) is 10.7. The van der Waals surface area contributed by atoms with E-state index in [1.807, 2.05) is 29.5 Å². The topological polar surface area (TPSA) is 50.1 Å². The van der Waals surface area contributed by atoms with E-state index in [2.05, 4.69) is 10.8 Å². The second-order valence-corrected chi connectivity index (χ2v) is 3.78. The molecule has 0 aromatic heterocycles. The van der Waals surface area contributed by atoms with Crippen LogP contribution >= 0.6 is 22.6 Å². The van der Waals surface area contributed by atoms with Crippen LogP contribution in [0.4, 0.5) is 0 Å².